The van der Waals surface area contributed by atoms with Crippen molar-refractivity contribution in [1.82, 2.24) is 10.6 Å². The molecule has 3 N–H and O–H groups in total. The summed E-state index contributed by atoms with van der Waals surface area (Å²) in [6.45, 7) is 3.69. The first-order valence-electron chi connectivity index (χ1n) is 7.86. The lowest BCUT2D eigenvalue weighted by Gasteiger charge is -2.28. The number of hydrogen-bond donors (Lipinski definition) is 3. The van der Waals surface area contributed by atoms with Gasteiger partial charge in [0.05, 0.1) is 11.6 Å². The van der Waals surface area contributed by atoms with Gasteiger partial charge in [-0.1, -0.05) is 41.4 Å². The highest BCUT2D eigenvalue weighted by atomic mass is 35.5. The number of allylic oxidation sites excluding steroid dienone is 1. The van der Waals surface area contributed by atoms with Crippen molar-refractivity contribution in [3.63, 3.8) is 0 Å². The molecule has 25 heavy (non-hydrogen) atoms. The Morgan fingerprint density at radius 1 is 1.12 bits per heavy atom. The highest BCUT2D eigenvalue weighted by Gasteiger charge is 2.31. The van der Waals surface area contributed by atoms with Gasteiger partial charge in [0, 0.05) is 16.4 Å². The fourth-order valence-electron chi connectivity index (χ4n) is 2.77. The van der Waals surface area contributed by atoms with Crippen molar-refractivity contribution in [3.05, 3.63) is 76.0 Å². The quantitative estimate of drug-likeness (QED) is 0.781. The van der Waals surface area contributed by atoms with E-state index in [0.717, 1.165) is 11.1 Å². The first kappa shape index (κ1) is 17.0. The Morgan fingerprint density at radius 3 is 2.52 bits per heavy atom. The molecule has 0 saturated carbocycles. The lowest BCUT2D eigenvalue weighted by Crippen LogP contribution is -2.45. The molecule has 0 fully saturated rings. The predicted octanol–water partition coefficient (Wildman–Crippen LogP) is 3.92. The van der Waals surface area contributed by atoms with Crippen LogP contribution in [0.25, 0.3) is 0 Å². The molecular weight excluding hydrogens is 338 g/mol. The standard InChI is InChI=1S/C19H18ClN3O2/c1-11-6-8-15(9-7-11)22-18(24)16-12(2)21-19(25)23-17(16)13-4-3-5-14(20)10-13/h3-10,17H,1-2H3,(H,22,24)(H2,21,23,25)/t17-/m0/s1. The van der Waals surface area contributed by atoms with Crippen LogP contribution >= 0.6 is 11.6 Å². The second kappa shape index (κ2) is 6.99. The molecule has 128 valence electrons. The summed E-state index contributed by atoms with van der Waals surface area (Å²) in [7, 11) is 0. The largest absolute Gasteiger partial charge is 0.327 e. The Bertz CT molecular complexity index is 859. The third kappa shape index (κ3) is 3.83. The van der Waals surface area contributed by atoms with Crippen LogP contribution in [0.3, 0.4) is 0 Å². The van der Waals surface area contributed by atoms with Crippen LogP contribution in [0.1, 0.15) is 24.1 Å². The summed E-state index contributed by atoms with van der Waals surface area (Å²) in [6.07, 6.45) is 0. The average Bonchev–Trinajstić information content (AvgIpc) is 2.56. The molecule has 0 aliphatic carbocycles. The smallest absolute Gasteiger partial charge is 0.319 e. The number of carbonyl (C=O) groups is 2. The third-order valence-corrected chi connectivity index (χ3v) is 4.24. The SMILES string of the molecule is CC1=C(C(=O)Nc2ccc(C)cc2)[C@H](c2cccc(Cl)c2)NC(=O)N1. The van der Waals surface area contributed by atoms with E-state index < -0.39 is 6.04 Å². The Labute approximate surface area is 151 Å². The number of benzene rings is 2. The zero-order valence-corrected chi connectivity index (χ0v) is 14.6. The number of halogens is 1. The molecule has 1 heterocycles. The van der Waals surface area contributed by atoms with E-state index in [-0.39, 0.29) is 11.9 Å². The molecule has 0 bridgehead atoms. The summed E-state index contributed by atoms with van der Waals surface area (Å²) < 4.78 is 0. The molecule has 3 amide bonds. The second-order valence-corrected chi connectivity index (χ2v) is 6.38. The molecule has 1 atom stereocenters. The maximum atomic E-state index is 12.8. The van der Waals surface area contributed by atoms with Gasteiger partial charge in [0.2, 0.25) is 0 Å². The highest BCUT2D eigenvalue weighted by Crippen LogP contribution is 2.29. The van der Waals surface area contributed by atoms with Crippen LogP contribution < -0.4 is 16.0 Å². The van der Waals surface area contributed by atoms with Gasteiger partial charge in [0.1, 0.15) is 0 Å². The molecule has 0 saturated heterocycles. The minimum Gasteiger partial charge on any atom is -0.327 e. The van der Waals surface area contributed by atoms with Gasteiger partial charge in [-0.15, -0.1) is 0 Å². The number of carbonyl (C=O) groups excluding carboxylic acids is 2. The van der Waals surface area contributed by atoms with E-state index in [9.17, 15) is 9.59 Å². The molecule has 0 aromatic heterocycles. The second-order valence-electron chi connectivity index (χ2n) is 5.95. The maximum absolute atomic E-state index is 12.8. The number of urea groups is 1. The summed E-state index contributed by atoms with van der Waals surface area (Å²) >= 11 is 6.06. The zero-order valence-electron chi connectivity index (χ0n) is 13.9. The van der Waals surface area contributed by atoms with Crippen molar-refractivity contribution in [2.75, 3.05) is 5.32 Å². The van der Waals surface area contributed by atoms with E-state index in [1.165, 1.54) is 0 Å². The van der Waals surface area contributed by atoms with Gasteiger partial charge < -0.3 is 16.0 Å². The Kier molecular flexibility index (Phi) is 4.76. The van der Waals surface area contributed by atoms with E-state index >= 15 is 0 Å². The molecule has 3 rings (SSSR count). The lowest BCUT2D eigenvalue weighted by molar-refractivity contribution is -0.113. The summed E-state index contributed by atoms with van der Waals surface area (Å²) in [6, 6.07) is 13.7. The van der Waals surface area contributed by atoms with E-state index in [4.69, 9.17) is 11.6 Å². The van der Waals surface area contributed by atoms with Gasteiger partial charge >= 0.3 is 6.03 Å². The van der Waals surface area contributed by atoms with Gasteiger partial charge in [-0.25, -0.2) is 4.79 Å². The minimum atomic E-state index is -0.571. The lowest BCUT2D eigenvalue weighted by atomic mass is 9.95. The average molecular weight is 356 g/mol. The van der Waals surface area contributed by atoms with Crippen LogP contribution in [-0.4, -0.2) is 11.9 Å². The summed E-state index contributed by atoms with van der Waals surface area (Å²) in [5.41, 5.74) is 3.51. The fraction of sp³-hybridized carbons (Fsp3) is 0.158. The Morgan fingerprint density at radius 2 is 1.84 bits per heavy atom. The van der Waals surface area contributed by atoms with E-state index in [2.05, 4.69) is 16.0 Å². The van der Waals surface area contributed by atoms with Crippen LogP contribution in [0.4, 0.5) is 10.5 Å². The van der Waals surface area contributed by atoms with Crippen molar-refractivity contribution in [3.8, 4) is 0 Å². The number of rotatable bonds is 3. The van der Waals surface area contributed by atoms with Crippen LogP contribution in [-0.2, 0) is 4.79 Å². The first-order valence-corrected chi connectivity index (χ1v) is 8.23. The molecular formula is C19H18ClN3O2. The molecule has 0 spiro atoms. The fourth-order valence-corrected chi connectivity index (χ4v) is 2.97. The Balaban J connectivity index is 1.94. The van der Waals surface area contributed by atoms with Gasteiger partial charge in [-0.3, -0.25) is 4.79 Å². The first-order chi connectivity index (χ1) is 11.9. The summed E-state index contributed by atoms with van der Waals surface area (Å²) in [5.74, 6) is -0.279. The van der Waals surface area contributed by atoms with Gasteiger partial charge in [0.15, 0.2) is 0 Å². The van der Waals surface area contributed by atoms with Crippen molar-refractivity contribution in [1.29, 1.82) is 0 Å². The molecule has 2 aromatic carbocycles. The summed E-state index contributed by atoms with van der Waals surface area (Å²) in [5, 5.41) is 8.86. The van der Waals surface area contributed by atoms with Gasteiger partial charge in [-0.05, 0) is 43.7 Å². The predicted molar refractivity (Wildman–Crippen MR) is 98.4 cm³/mol. The van der Waals surface area contributed by atoms with Crippen molar-refractivity contribution < 1.29 is 9.59 Å². The van der Waals surface area contributed by atoms with Gasteiger partial charge in [-0.2, -0.15) is 0 Å². The molecule has 5 nitrogen and oxygen atoms in total. The van der Waals surface area contributed by atoms with Crippen molar-refractivity contribution in [2.24, 2.45) is 0 Å². The van der Waals surface area contributed by atoms with Gasteiger partial charge in [0.25, 0.3) is 5.91 Å². The van der Waals surface area contributed by atoms with E-state index in [0.29, 0.717) is 22.0 Å². The minimum absolute atomic E-state index is 0.279. The maximum Gasteiger partial charge on any atom is 0.319 e. The van der Waals surface area contributed by atoms with Crippen LogP contribution in [0.5, 0.6) is 0 Å². The van der Waals surface area contributed by atoms with Crippen LogP contribution in [0, 0.1) is 6.92 Å². The number of amides is 3. The normalized spacial score (nSPS) is 16.9. The third-order valence-electron chi connectivity index (χ3n) is 4.01. The zero-order chi connectivity index (χ0) is 18.0. The monoisotopic (exact) mass is 355 g/mol. The highest BCUT2D eigenvalue weighted by molar-refractivity contribution is 6.30. The topological polar surface area (TPSA) is 70.2 Å². The molecule has 2 aromatic rings. The van der Waals surface area contributed by atoms with Crippen LogP contribution in [0.2, 0.25) is 5.02 Å². The van der Waals surface area contributed by atoms with Crippen LogP contribution in [0.15, 0.2) is 59.8 Å². The van der Waals surface area contributed by atoms with Crippen molar-refractivity contribution >= 4 is 29.2 Å². The van der Waals surface area contributed by atoms with E-state index in [1.54, 1.807) is 25.1 Å². The van der Waals surface area contributed by atoms with E-state index in [1.807, 2.05) is 37.3 Å². The molecule has 0 radical (unpaired) electrons. The summed E-state index contributed by atoms with van der Waals surface area (Å²) in [4.78, 5) is 24.7. The number of anilines is 1. The molecule has 1 aliphatic rings. The molecule has 0 unspecified atom stereocenters. The molecule has 6 heteroatoms. The Hall–Kier alpha value is -2.79. The number of aryl methyl sites for hydroxylation is 1. The molecule has 1 aliphatic heterocycles. The number of nitrogens with one attached hydrogen (secondary N) is 3. The van der Waals surface area contributed by atoms with Crippen molar-refractivity contribution in [2.45, 2.75) is 19.9 Å². The number of hydrogen-bond acceptors (Lipinski definition) is 2.